The lowest BCUT2D eigenvalue weighted by Crippen LogP contribution is -2.47. The van der Waals surface area contributed by atoms with Crippen molar-refractivity contribution < 1.29 is 28.7 Å². The van der Waals surface area contributed by atoms with Crippen LogP contribution in [0.5, 0.6) is 0 Å². The largest absolute Gasteiger partial charge is 0.444 e. The molecule has 0 spiro atoms. The molecule has 0 aliphatic heterocycles. The Bertz CT molecular complexity index is 620. The summed E-state index contributed by atoms with van der Waals surface area (Å²) >= 11 is 0. The number of ether oxygens (including phenoxy) is 1. The van der Waals surface area contributed by atoms with Gasteiger partial charge in [-0.3, -0.25) is 19.2 Å². The lowest BCUT2D eigenvalue weighted by Gasteiger charge is -2.26. The van der Waals surface area contributed by atoms with Crippen LogP contribution in [0.4, 0.5) is 4.79 Å². The zero-order valence-electron chi connectivity index (χ0n) is 22.0. The predicted molar refractivity (Wildman–Crippen MR) is 131 cm³/mol. The van der Waals surface area contributed by atoms with Crippen LogP contribution in [0, 0.1) is 0 Å². The van der Waals surface area contributed by atoms with Gasteiger partial charge in [0.05, 0.1) is 0 Å². The monoisotopic (exact) mass is 487 g/mol. The maximum Gasteiger partial charge on any atom is 0.410 e. The minimum absolute atomic E-state index is 0.0137. The number of nitrogens with two attached hydrogens (primary N) is 1. The molecule has 0 radical (unpaired) electrons. The molecule has 0 fully saturated rings. The van der Waals surface area contributed by atoms with Crippen molar-refractivity contribution in [1.29, 1.82) is 0 Å². The third kappa shape index (κ3) is 21.0. The molecule has 0 heterocycles. The molecule has 4 N–H and O–H groups in total. The number of unbranched alkanes of at least 4 members (excludes halogenated alkanes) is 2. The number of hydrogen-bond acceptors (Lipinski definition) is 6. The van der Waals surface area contributed by atoms with Gasteiger partial charge in [-0.05, 0) is 33.6 Å². The predicted octanol–water partition coefficient (Wildman–Crippen LogP) is 1.40. The summed E-state index contributed by atoms with van der Waals surface area (Å²) in [5, 5.41) is 5.51. The summed E-state index contributed by atoms with van der Waals surface area (Å²) in [4.78, 5) is 60.8. The van der Waals surface area contributed by atoms with E-state index in [1.165, 1.54) is 16.7 Å². The smallest absolute Gasteiger partial charge is 0.410 e. The zero-order valence-corrected chi connectivity index (χ0v) is 22.0. The Balaban J connectivity index is 0. The molecule has 0 aliphatic carbocycles. The number of rotatable bonds is 13. The standard InChI is InChI=1S/C21H40N4O5.C2H5NO/c1-7-9-12-22-17(26)15-25(16-18(27)23-13-10-8-2)19(28)11-14-24(6)20(29)30-21(3,4)5;1-2(3)4/h7-16H2,1-6H3,(H,22,26)(H,23,27);1H3,(H2,3,4). The van der Waals surface area contributed by atoms with E-state index in [1.54, 1.807) is 27.8 Å². The van der Waals surface area contributed by atoms with Gasteiger partial charge in [0, 0.05) is 40.0 Å². The summed E-state index contributed by atoms with van der Waals surface area (Å²) in [5.41, 5.74) is 3.84. The summed E-state index contributed by atoms with van der Waals surface area (Å²) in [6.45, 7) is 11.4. The van der Waals surface area contributed by atoms with Crippen LogP contribution in [0.1, 0.15) is 73.6 Å². The molecular formula is C23H45N5O6. The molecule has 0 saturated heterocycles. The van der Waals surface area contributed by atoms with Crippen molar-refractivity contribution in [3.05, 3.63) is 0 Å². The second kappa shape index (κ2) is 18.6. The summed E-state index contributed by atoms with van der Waals surface area (Å²) < 4.78 is 5.27. The second-order valence-electron chi connectivity index (χ2n) is 8.92. The van der Waals surface area contributed by atoms with Gasteiger partial charge in [-0.1, -0.05) is 26.7 Å². The van der Waals surface area contributed by atoms with Crippen LogP contribution in [-0.4, -0.2) is 84.9 Å². The first-order chi connectivity index (χ1) is 15.7. The van der Waals surface area contributed by atoms with Crippen LogP contribution in [0.25, 0.3) is 0 Å². The van der Waals surface area contributed by atoms with E-state index in [1.807, 2.05) is 13.8 Å². The van der Waals surface area contributed by atoms with Crippen molar-refractivity contribution in [3.8, 4) is 0 Å². The number of primary amides is 1. The van der Waals surface area contributed by atoms with Crippen molar-refractivity contribution in [3.63, 3.8) is 0 Å². The number of nitrogens with one attached hydrogen (secondary N) is 2. The van der Waals surface area contributed by atoms with Crippen LogP contribution in [0.2, 0.25) is 0 Å². The highest BCUT2D eigenvalue weighted by atomic mass is 16.6. The van der Waals surface area contributed by atoms with E-state index >= 15 is 0 Å². The molecule has 0 rings (SSSR count). The van der Waals surface area contributed by atoms with Gasteiger partial charge >= 0.3 is 6.09 Å². The molecule has 0 bridgehead atoms. The Labute approximate surface area is 204 Å². The van der Waals surface area contributed by atoms with Gasteiger partial charge in [0.1, 0.15) is 18.7 Å². The van der Waals surface area contributed by atoms with E-state index in [9.17, 15) is 24.0 Å². The van der Waals surface area contributed by atoms with Crippen LogP contribution < -0.4 is 16.4 Å². The first kappa shape index (κ1) is 33.3. The van der Waals surface area contributed by atoms with Crippen molar-refractivity contribution in [1.82, 2.24) is 20.4 Å². The fraction of sp³-hybridized carbons (Fsp3) is 0.783. The number of hydrogen-bond donors (Lipinski definition) is 3. The zero-order chi connectivity index (χ0) is 26.7. The Hall–Kier alpha value is -2.85. The molecule has 198 valence electrons. The molecule has 0 unspecified atom stereocenters. The average Bonchev–Trinajstić information content (AvgIpc) is 2.70. The fourth-order valence-electron chi connectivity index (χ4n) is 2.35. The number of carbonyl (C=O) groups excluding carboxylic acids is 5. The van der Waals surface area contributed by atoms with Crippen molar-refractivity contribution in [2.75, 3.05) is 39.8 Å². The summed E-state index contributed by atoms with van der Waals surface area (Å²) in [6, 6.07) is 0. The maximum absolute atomic E-state index is 12.7. The molecule has 0 aliphatic rings. The normalized spacial score (nSPS) is 10.3. The first-order valence-corrected chi connectivity index (χ1v) is 11.7. The number of nitrogens with zero attached hydrogens (tertiary/aromatic N) is 2. The highest BCUT2D eigenvalue weighted by Gasteiger charge is 2.23. The van der Waals surface area contributed by atoms with Gasteiger partial charge in [0.15, 0.2) is 0 Å². The van der Waals surface area contributed by atoms with E-state index in [0.29, 0.717) is 13.1 Å². The minimum Gasteiger partial charge on any atom is -0.444 e. The molecule has 0 aromatic carbocycles. The van der Waals surface area contributed by atoms with E-state index in [4.69, 9.17) is 4.74 Å². The Morgan fingerprint density at radius 2 is 1.29 bits per heavy atom. The SMILES string of the molecule is CC(N)=O.CCCCNC(=O)CN(CC(=O)NCCCC)C(=O)CCN(C)C(=O)OC(C)(C)C. The number of amides is 5. The van der Waals surface area contributed by atoms with Crippen molar-refractivity contribution >= 4 is 29.7 Å². The lowest BCUT2D eigenvalue weighted by molar-refractivity contribution is -0.139. The topological polar surface area (TPSA) is 151 Å². The Morgan fingerprint density at radius 1 is 0.882 bits per heavy atom. The molecule has 0 saturated carbocycles. The van der Waals surface area contributed by atoms with Gasteiger partial charge in [-0.2, -0.15) is 0 Å². The van der Waals surface area contributed by atoms with Crippen LogP contribution in [0.3, 0.4) is 0 Å². The molecule has 0 aromatic rings. The average molecular weight is 488 g/mol. The van der Waals surface area contributed by atoms with E-state index in [2.05, 4.69) is 16.4 Å². The molecule has 0 aromatic heterocycles. The second-order valence-corrected chi connectivity index (χ2v) is 8.92. The van der Waals surface area contributed by atoms with Gasteiger partial charge in [0.25, 0.3) is 0 Å². The van der Waals surface area contributed by atoms with Crippen LogP contribution in [0.15, 0.2) is 0 Å². The van der Waals surface area contributed by atoms with Crippen molar-refractivity contribution in [2.24, 2.45) is 5.73 Å². The molecule has 11 nitrogen and oxygen atoms in total. The Kier molecular flexibility index (Phi) is 18.2. The number of carbonyl (C=O) groups is 5. The summed E-state index contributed by atoms with van der Waals surface area (Å²) in [7, 11) is 1.54. The fourth-order valence-corrected chi connectivity index (χ4v) is 2.35. The molecule has 5 amide bonds. The van der Waals surface area contributed by atoms with E-state index in [0.717, 1.165) is 25.7 Å². The molecule has 0 atom stereocenters. The summed E-state index contributed by atoms with van der Waals surface area (Å²) in [6.07, 6.45) is 3.03. The third-order valence-corrected chi connectivity index (χ3v) is 4.09. The quantitative estimate of drug-likeness (QED) is 0.334. The first-order valence-electron chi connectivity index (χ1n) is 11.7. The summed E-state index contributed by atoms with van der Waals surface area (Å²) in [5.74, 6) is -1.32. The maximum atomic E-state index is 12.7. The third-order valence-electron chi connectivity index (χ3n) is 4.09. The van der Waals surface area contributed by atoms with Crippen LogP contribution in [-0.2, 0) is 23.9 Å². The highest BCUT2D eigenvalue weighted by Crippen LogP contribution is 2.09. The molecule has 11 heteroatoms. The van der Waals surface area contributed by atoms with Gasteiger partial charge in [0.2, 0.25) is 23.6 Å². The van der Waals surface area contributed by atoms with Gasteiger partial charge < -0.3 is 30.9 Å². The van der Waals surface area contributed by atoms with Gasteiger partial charge in [-0.25, -0.2) is 4.79 Å². The van der Waals surface area contributed by atoms with Crippen molar-refractivity contribution in [2.45, 2.75) is 79.2 Å². The van der Waals surface area contributed by atoms with Gasteiger partial charge in [-0.15, -0.1) is 0 Å². The molecule has 34 heavy (non-hydrogen) atoms. The van der Waals surface area contributed by atoms with E-state index in [-0.39, 0.29) is 49.7 Å². The highest BCUT2D eigenvalue weighted by molar-refractivity contribution is 5.89. The van der Waals surface area contributed by atoms with Crippen LogP contribution >= 0.6 is 0 Å². The Morgan fingerprint density at radius 3 is 1.65 bits per heavy atom. The lowest BCUT2D eigenvalue weighted by atomic mass is 10.2. The molecular weight excluding hydrogens is 442 g/mol. The minimum atomic E-state index is -0.630. The van der Waals surface area contributed by atoms with E-state index < -0.39 is 11.7 Å².